The largest absolute Gasteiger partial charge is 0.384 e. The van der Waals surface area contributed by atoms with Crippen LogP contribution >= 0.6 is 15.9 Å². The van der Waals surface area contributed by atoms with Crippen LogP contribution in [0.25, 0.3) is 0 Å². The zero-order valence-corrected chi connectivity index (χ0v) is 12.7. The highest BCUT2D eigenvalue weighted by Gasteiger charge is 2.20. The van der Waals surface area contributed by atoms with Crippen molar-refractivity contribution >= 4 is 21.6 Å². The van der Waals surface area contributed by atoms with E-state index < -0.39 is 11.9 Å². The molecule has 1 aliphatic heterocycles. The lowest BCUT2D eigenvalue weighted by Gasteiger charge is -2.16. The minimum Gasteiger partial charge on any atom is -0.384 e. The Bertz CT molecular complexity index is 659. The Morgan fingerprint density at radius 2 is 2.05 bits per heavy atom. The predicted molar refractivity (Wildman–Crippen MR) is 81.6 cm³/mol. The number of rotatable bonds is 2. The van der Waals surface area contributed by atoms with Gasteiger partial charge >= 0.3 is 0 Å². The molecule has 0 saturated carbocycles. The quantitative estimate of drug-likeness (QED) is 0.905. The van der Waals surface area contributed by atoms with Crippen molar-refractivity contribution in [2.75, 3.05) is 18.5 Å². The number of aliphatic hydroxyl groups is 1. The van der Waals surface area contributed by atoms with Crippen molar-refractivity contribution in [3.8, 4) is 0 Å². The fraction of sp³-hybridized carbons (Fsp3) is 0.250. The predicted octanol–water partition coefficient (Wildman–Crippen LogP) is 3.66. The third kappa shape index (κ3) is 2.34. The van der Waals surface area contributed by atoms with E-state index in [1.807, 2.05) is 18.2 Å². The SMILES string of the molecule is CN1CCc2cc(C(O)c3cc(Br)ccc3F)ccc21. The molecule has 0 spiro atoms. The average Bonchev–Trinajstić information content (AvgIpc) is 2.82. The van der Waals surface area contributed by atoms with Crippen molar-refractivity contribution in [1.82, 2.24) is 0 Å². The van der Waals surface area contributed by atoms with E-state index in [-0.39, 0.29) is 0 Å². The Hall–Kier alpha value is -1.39. The monoisotopic (exact) mass is 335 g/mol. The normalized spacial score (nSPS) is 15.3. The first-order valence-corrected chi connectivity index (χ1v) is 7.32. The summed E-state index contributed by atoms with van der Waals surface area (Å²) in [6, 6.07) is 10.5. The molecule has 20 heavy (non-hydrogen) atoms. The van der Waals surface area contributed by atoms with Gasteiger partial charge in [-0.3, -0.25) is 0 Å². The van der Waals surface area contributed by atoms with Gasteiger partial charge in [0.2, 0.25) is 0 Å². The van der Waals surface area contributed by atoms with Crippen LogP contribution in [0.2, 0.25) is 0 Å². The molecule has 0 amide bonds. The molecule has 4 heteroatoms. The number of nitrogens with zero attached hydrogens (tertiary/aromatic N) is 1. The molecule has 1 unspecified atom stereocenters. The Kier molecular flexibility index (Phi) is 3.52. The van der Waals surface area contributed by atoms with E-state index in [0.29, 0.717) is 5.56 Å². The maximum absolute atomic E-state index is 13.9. The second kappa shape index (κ2) is 5.19. The molecule has 0 bridgehead atoms. The van der Waals surface area contributed by atoms with E-state index in [1.54, 1.807) is 12.1 Å². The van der Waals surface area contributed by atoms with Crippen LogP contribution in [0.5, 0.6) is 0 Å². The summed E-state index contributed by atoms with van der Waals surface area (Å²) in [7, 11) is 2.05. The molecule has 2 nitrogen and oxygen atoms in total. The van der Waals surface area contributed by atoms with Gasteiger partial charge in [0, 0.05) is 29.3 Å². The topological polar surface area (TPSA) is 23.5 Å². The lowest BCUT2D eigenvalue weighted by molar-refractivity contribution is 0.215. The van der Waals surface area contributed by atoms with E-state index in [2.05, 4.69) is 27.9 Å². The lowest BCUT2D eigenvalue weighted by Crippen LogP contribution is -2.12. The third-order valence-corrected chi connectivity index (χ3v) is 4.29. The van der Waals surface area contributed by atoms with Crippen molar-refractivity contribution in [3.63, 3.8) is 0 Å². The highest BCUT2D eigenvalue weighted by molar-refractivity contribution is 9.10. The maximum Gasteiger partial charge on any atom is 0.129 e. The molecule has 0 aromatic heterocycles. The van der Waals surface area contributed by atoms with Crippen LogP contribution in [0.3, 0.4) is 0 Å². The Morgan fingerprint density at radius 1 is 1.25 bits per heavy atom. The summed E-state index contributed by atoms with van der Waals surface area (Å²) < 4.78 is 14.6. The summed E-state index contributed by atoms with van der Waals surface area (Å²) in [6.07, 6.45) is 0.0246. The van der Waals surface area contributed by atoms with Crippen LogP contribution in [0.1, 0.15) is 22.8 Å². The van der Waals surface area contributed by atoms with Crippen LogP contribution in [-0.2, 0) is 6.42 Å². The van der Waals surface area contributed by atoms with Crippen LogP contribution in [0.15, 0.2) is 40.9 Å². The van der Waals surface area contributed by atoms with Gasteiger partial charge in [-0.25, -0.2) is 4.39 Å². The molecular weight excluding hydrogens is 321 g/mol. The van der Waals surface area contributed by atoms with Gasteiger partial charge < -0.3 is 10.0 Å². The number of aliphatic hydroxyl groups excluding tert-OH is 1. The number of likely N-dealkylation sites (N-methyl/N-ethyl adjacent to an activating group) is 1. The molecule has 0 radical (unpaired) electrons. The van der Waals surface area contributed by atoms with E-state index in [9.17, 15) is 9.50 Å². The number of fused-ring (bicyclic) bond motifs is 1. The first-order chi connectivity index (χ1) is 9.56. The average molecular weight is 336 g/mol. The van der Waals surface area contributed by atoms with Gasteiger partial charge in [-0.05, 0) is 41.8 Å². The molecular formula is C16H15BrFNO. The lowest BCUT2D eigenvalue weighted by atomic mass is 9.98. The molecule has 1 aliphatic rings. The molecule has 2 aromatic rings. The van der Waals surface area contributed by atoms with Crippen LogP contribution < -0.4 is 4.90 Å². The highest BCUT2D eigenvalue weighted by atomic mass is 79.9. The van der Waals surface area contributed by atoms with Crippen molar-refractivity contribution in [3.05, 3.63) is 63.4 Å². The van der Waals surface area contributed by atoms with Crippen molar-refractivity contribution in [2.24, 2.45) is 0 Å². The Labute approximate surface area is 126 Å². The van der Waals surface area contributed by atoms with Gasteiger partial charge in [0.25, 0.3) is 0 Å². The summed E-state index contributed by atoms with van der Waals surface area (Å²) in [4.78, 5) is 2.19. The highest BCUT2D eigenvalue weighted by Crippen LogP contribution is 2.32. The van der Waals surface area contributed by atoms with Gasteiger partial charge in [-0.2, -0.15) is 0 Å². The number of hydrogen-bond donors (Lipinski definition) is 1. The van der Waals surface area contributed by atoms with E-state index >= 15 is 0 Å². The van der Waals surface area contributed by atoms with E-state index in [1.165, 1.54) is 17.3 Å². The number of halogens is 2. The van der Waals surface area contributed by atoms with Crippen LogP contribution in [0.4, 0.5) is 10.1 Å². The smallest absolute Gasteiger partial charge is 0.129 e. The number of benzene rings is 2. The number of hydrogen-bond acceptors (Lipinski definition) is 2. The molecule has 2 aromatic carbocycles. The first-order valence-electron chi connectivity index (χ1n) is 6.53. The fourth-order valence-corrected chi connectivity index (χ4v) is 3.04. The van der Waals surface area contributed by atoms with Crippen molar-refractivity contribution < 1.29 is 9.50 Å². The van der Waals surface area contributed by atoms with Crippen molar-refractivity contribution in [1.29, 1.82) is 0 Å². The first kappa shape index (κ1) is 13.6. The minimum atomic E-state index is -0.941. The summed E-state index contributed by atoms with van der Waals surface area (Å²) in [5.41, 5.74) is 3.43. The minimum absolute atomic E-state index is 0.297. The molecule has 3 rings (SSSR count). The summed E-state index contributed by atoms with van der Waals surface area (Å²) >= 11 is 3.31. The van der Waals surface area contributed by atoms with Gasteiger partial charge in [0.05, 0.1) is 0 Å². The third-order valence-electron chi connectivity index (χ3n) is 3.80. The Morgan fingerprint density at radius 3 is 2.85 bits per heavy atom. The molecule has 1 atom stereocenters. The second-order valence-electron chi connectivity index (χ2n) is 5.13. The second-order valence-corrected chi connectivity index (χ2v) is 6.04. The molecule has 0 aliphatic carbocycles. The zero-order chi connectivity index (χ0) is 14.3. The van der Waals surface area contributed by atoms with Crippen LogP contribution in [0, 0.1) is 5.82 Å². The summed E-state index contributed by atoms with van der Waals surface area (Å²) in [6.45, 7) is 0.986. The van der Waals surface area contributed by atoms with Gasteiger partial charge in [0.1, 0.15) is 11.9 Å². The molecule has 0 saturated heterocycles. The molecule has 104 valence electrons. The van der Waals surface area contributed by atoms with Gasteiger partial charge in [-0.1, -0.05) is 28.1 Å². The molecule has 0 fully saturated rings. The van der Waals surface area contributed by atoms with Crippen LogP contribution in [-0.4, -0.2) is 18.7 Å². The summed E-state index contributed by atoms with van der Waals surface area (Å²) in [5, 5.41) is 10.4. The molecule has 1 heterocycles. The van der Waals surface area contributed by atoms with E-state index in [4.69, 9.17) is 0 Å². The zero-order valence-electron chi connectivity index (χ0n) is 11.1. The fourth-order valence-electron chi connectivity index (χ4n) is 2.66. The maximum atomic E-state index is 13.9. The standard InChI is InChI=1S/C16H15BrFNO/c1-19-7-6-10-8-11(2-5-15(10)19)16(20)13-9-12(17)3-4-14(13)18/h2-5,8-9,16,20H,6-7H2,1H3. The van der Waals surface area contributed by atoms with Gasteiger partial charge in [0.15, 0.2) is 0 Å². The summed E-state index contributed by atoms with van der Waals surface area (Å²) in [5.74, 6) is -0.390. The molecule has 1 N–H and O–H groups in total. The van der Waals surface area contributed by atoms with Crippen molar-refractivity contribution in [2.45, 2.75) is 12.5 Å². The Balaban J connectivity index is 1.99. The number of anilines is 1. The van der Waals surface area contributed by atoms with E-state index in [0.717, 1.165) is 23.0 Å². The van der Waals surface area contributed by atoms with Gasteiger partial charge in [-0.15, -0.1) is 0 Å².